The van der Waals surface area contributed by atoms with Crippen molar-refractivity contribution in [3.8, 4) is 0 Å². The van der Waals surface area contributed by atoms with Crippen LogP contribution in [0.15, 0.2) is 12.1 Å². The van der Waals surface area contributed by atoms with Gasteiger partial charge in [0.2, 0.25) is 0 Å². The van der Waals surface area contributed by atoms with E-state index in [0.29, 0.717) is 17.5 Å². The van der Waals surface area contributed by atoms with Gasteiger partial charge in [0, 0.05) is 26.7 Å². The number of piperidine rings is 1. The van der Waals surface area contributed by atoms with Crippen molar-refractivity contribution in [2.45, 2.75) is 26.0 Å². The Labute approximate surface area is 120 Å². The molecule has 0 spiro atoms. The van der Waals surface area contributed by atoms with Gasteiger partial charge >= 0.3 is 0 Å². The smallest absolute Gasteiger partial charge is 0.129 e. The summed E-state index contributed by atoms with van der Waals surface area (Å²) in [7, 11) is 3.68. The van der Waals surface area contributed by atoms with Crippen LogP contribution in [0.5, 0.6) is 0 Å². The Morgan fingerprint density at radius 3 is 3.00 bits per heavy atom. The second-order valence-electron chi connectivity index (χ2n) is 5.11. The molecule has 2 atom stereocenters. The number of ether oxygens (including phenoxy) is 1. The van der Waals surface area contributed by atoms with E-state index in [9.17, 15) is 0 Å². The van der Waals surface area contributed by atoms with Crippen LogP contribution in [0.25, 0.3) is 0 Å². The Kier molecular flexibility index (Phi) is 5.02. The summed E-state index contributed by atoms with van der Waals surface area (Å²) in [6.45, 7) is 4.85. The Morgan fingerprint density at radius 2 is 2.32 bits per heavy atom. The van der Waals surface area contributed by atoms with Gasteiger partial charge in [-0.25, -0.2) is 4.98 Å². The normalized spacial score (nSPS) is 23.7. The fourth-order valence-corrected chi connectivity index (χ4v) is 2.66. The number of pyridine rings is 1. The highest BCUT2D eigenvalue weighted by Crippen LogP contribution is 2.25. The maximum Gasteiger partial charge on any atom is 0.129 e. The van der Waals surface area contributed by atoms with E-state index in [1.807, 2.05) is 19.2 Å². The molecule has 4 nitrogen and oxygen atoms in total. The van der Waals surface area contributed by atoms with E-state index in [1.54, 1.807) is 7.11 Å². The second kappa shape index (κ2) is 6.55. The third-order valence-corrected chi connectivity index (χ3v) is 4.11. The van der Waals surface area contributed by atoms with Crippen LogP contribution in [0.2, 0.25) is 5.02 Å². The van der Waals surface area contributed by atoms with E-state index in [4.69, 9.17) is 16.3 Å². The average molecular weight is 284 g/mol. The average Bonchev–Trinajstić information content (AvgIpc) is 2.42. The molecule has 0 amide bonds. The minimum absolute atomic E-state index is 0.277. The predicted octanol–water partition coefficient (Wildman–Crippen LogP) is 2.32. The van der Waals surface area contributed by atoms with Crippen LogP contribution >= 0.6 is 11.6 Å². The first-order valence-corrected chi connectivity index (χ1v) is 7.11. The number of nitrogens with one attached hydrogen (secondary N) is 1. The summed E-state index contributed by atoms with van der Waals surface area (Å²) in [6, 6.07) is 3.92. The van der Waals surface area contributed by atoms with Crippen LogP contribution < -0.4 is 10.2 Å². The lowest BCUT2D eigenvalue weighted by Gasteiger charge is -2.37. The summed E-state index contributed by atoms with van der Waals surface area (Å²) in [5.41, 5.74) is 0.897. The van der Waals surface area contributed by atoms with Crippen molar-refractivity contribution in [3.05, 3.63) is 22.8 Å². The molecule has 0 aliphatic carbocycles. The third-order valence-electron chi connectivity index (χ3n) is 3.76. The van der Waals surface area contributed by atoms with Gasteiger partial charge in [0.05, 0.1) is 16.8 Å². The summed E-state index contributed by atoms with van der Waals surface area (Å²) >= 11 is 6.15. The van der Waals surface area contributed by atoms with Gasteiger partial charge in [0.15, 0.2) is 0 Å². The number of hydrogen-bond donors (Lipinski definition) is 1. The molecule has 0 saturated carbocycles. The molecule has 1 aromatic heterocycles. The van der Waals surface area contributed by atoms with Crippen LogP contribution in [-0.2, 0) is 11.3 Å². The van der Waals surface area contributed by atoms with E-state index in [0.717, 1.165) is 31.0 Å². The maximum atomic E-state index is 6.15. The van der Waals surface area contributed by atoms with Crippen molar-refractivity contribution in [3.63, 3.8) is 0 Å². The molecule has 1 aliphatic heterocycles. The Bertz CT molecular complexity index is 427. The molecular formula is C14H22ClN3O. The Balaban J connectivity index is 2.15. The van der Waals surface area contributed by atoms with Crippen LogP contribution in [-0.4, -0.2) is 38.3 Å². The zero-order valence-electron chi connectivity index (χ0n) is 11.8. The molecule has 2 rings (SSSR count). The van der Waals surface area contributed by atoms with E-state index >= 15 is 0 Å². The predicted molar refractivity (Wildman–Crippen MR) is 78.8 cm³/mol. The standard InChI is InChI=1S/C14H22ClN3O/c1-10-6-7-18(9-13(10)19-3)14-5-4-11(15)12(17-14)8-16-2/h4-5,10,13,16H,6-9H2,1-3H3. The molecule has 2 unspecified atom stereocenters. The van der Waals surface area contributed by atoms with E-state index < -0.39 is 0 Å². The van der Waals surface area contributed by atoms with E-state index in [1.165, 1.54) is 0 Å². The molecule has 19 heavy (non-hydrogen) atoms. The van der Waals surface area contributed by atoms with Crippen LogP contribution in [0.1, 0.15) is 19.0 Å². The molecule has 1 aliphatic rings. The number of rotatable bonds is 4. The van der Waals surface area contributed by atoms with Crippen LogP contribution in [0.4, 0.5) is 5.82 Å². The minimum atomic E-state index is 0.277. The maximum absolute atomic E-state index is 6.15. The van der Waals surface area contributed by atoms with Crippen molar-refractivity contribution in [2.75, 3.05) is 32.1 Å². The number of halogens is 1. The van der Waals surface area contributed by atoms with Gasteiger partial charge in [0.1, 0.15) is 5.82 Å². The Morgan fingerprint density at radius 1 is 1.53 bits per heavy atom. The largest absolute Gasteiger partial charge is 0.379 e. The van der Waals surface area contributed by atoms with Crippen molar-refractivity contribution < 1.29 is 4.74 Å². The van der Waals surface area contributed by atoms with Gasteiger partial charge in [-0.3, -0.25) is 0 Å². The minimum Gasteiger partial charge on any atom is -0.379 e. The fourth-order valence-electron chi connectivity index (χ4n) is 2.49. The first kappa shape index (κ1) is 14.6. The third kappa shape index (κ3) is 3.38. The molecular weight excluding hydrogens is 262 g/mol. The molecule has 5 heteroatoms. The first-order valence-electron chi connectivity index (χ1n) is 6.73. The lowest BCUT2D eigenvalue weighted by Crippen LogP contribution is -2.44. The molecule has 1 N–H and O–H groups in total. The lowest BCUT2D eigenvalue weighted by atomic mass is 9.96. The highest BCUT2D eigenvalue weighted by atomic mass is 35.5. The molecule has 1 saturated heterocycles. The zero-order chi connectivity index (χ0) is 13.8. The molecule has 0 bridgehead atoms. The SMILES string of the molecule is CNCc1nc(N2CCC(C)C(OC)C2)ccc1Cl. The van der Waals surface area contributed by atoms with E-state index in [2.05, 4.69) is 22.1 Å². The quantitative estimate of drug-likeness (QED) is 0.920. The summed E-state index contributed by atoms with van der Waals surface area (Å²) in [6.07, 6.45) is 1.41. The number of nitrogens with zero attached hydrogens (tertiary/aromatic N) is 2. The lowest BCUT2D eigenvalue weighted by molar-refractivity contribution is 0.0496. The number of hydrogen-bond acceptors (Lipinski definition) is 4. The van der Waals surface area contributed by atoms with Crippen molar-refractivity contribution in [1.82, 2.24) is 10.3 Å². The summed E-state index contributed by atoms with van der Waals surface area (Å²) in [4.78, 5) is 6.94. The topological polar surface area (TPSA) is 37.4 Å². The van der Waals surface area contributed by atoms with Gasteiger partial charge in [-0.2, -0.15) is 0 Å². The molecule has 0 radical (unpaired) electrons. The number of methoxy groups -OCH3 is 1. The Hall–Kier alpha value is -0.840. The molecule has 2 heterocycles. The molecule has 0 aromatic carbocycles. The first-order chi connectivity index (χ1) is 9.15. The molecule has 106 valence electrons. The van der Waals surface area contributed by atoms with Crippen LogP contribution in [0.3, 0.4) is 0 Å². The van der Waals surface area contributed by atoms with E-state index in [-0.39, 0.29) is 6.10 Å². The summed E-state index contributed by atoms with van der Waals surface area (Å²) in [5, 5.41) is 3.81. The second-order valence-corrected chi connectivity index (χ2v) is 5.52. The highest BCUT2D eigenvalue weighted by molar-refractivity contribution is 6.31. The number of aromatic nitrogens is 1. The van der Waals surface area contributed by atoms with Gasteiger partial charge in [-0.15, -0.1) is 0 Å². The molecule has 1 aromatic rings. The molecule has 1 fully saturated rings. The van der Waals surface area contributed by atoms with Gasteiger partial charge in [-0.05, 0) is 31.5 Å². The van der Waals surface area contributed by atoms with Gasteiger partial charge < -0.3 is 15.0 Å². The fraction of sp³-hybridized carbons (Fsp3) is 0.643. The van der Waals surface area contributed by atoms with Gasteiger partial charge in [0.25, 0.3) is 0 Å². The van der Waals surface area contributed by atoms with Crippen molar-refractivity contribution >= 4 is 17.4 Å². The van der Waals surface area contributed by atoms with Crippen molar-refractivity contribution in [1.29, 1.82) is 0 Å². The number of anilines is 1. The summed E-state index contributed by atoms with van der Waals surface area (Å²) < 4.78 is 5.55. The van der Waals surface area contributed by atoms with Crippen LogP contribution in [0, 0.1) is 5.92 Å². The van der Waals surface area contributed by atoms with Crippen molar-refractivity contribution in [2.24, 2.45) is 5.92 Å². The zero-order valence-corrected chi connectivity index (χ0v) is 12.6. The van der Waals surface area contributed by atoms with Gasteiger partial charge in [-0.1, -0.05) is 18.5 Å². The monoisotopic (exact) mass is 283 g/mol. The highest BCUT2D eigenvalue weighted by Gasteiger charge is 2.26. The summed E-state index contributed by atoms with van der Waals surface area (Å²) in [5.74, 6) is 1.59.